The van der Waals surface area contributed by atoms with E-state index >= 15 is 0 Å². The van der Waals surface area contributed by atoms with Crippen molar-refractivity contribution in [2.24, 2.45) is 0 Å². The van der Waals surface area contributed by atoms with E-state index in [9.17, 15) is 4.79 Å². The Balaban J connectivity index is 1.42. The van der Waals surface area contributed by atoms with Crippen molar-refractivity contribution in [3.63, 3.8) is 0 Å². The lowest BCUT2D eigenvalue weighted by molar-refractivity contribution is 0.0887. The number of carbonyl (C=O) groups is 1. The van der Waals surface area contributed by atoms with E-state index < -0.39 is 0 Å². The summed E-state index contributed by atoms with van der Waals surface area (Å²) in [5.74, 6) is 1.25. The zero-order chi connectivity index (χ0) is 17.1. The van der Waals surface area contributed by atoms with Crippen molar-refractivity contribution in [3.8, 4) is 11.5 Å². The molecule has 0 spiro atoms. The van der Waals surface area contributed by atoms with Crippen LogP contribution in [-0.2, 0) is 24.3 Å². The van der Waals surface area contributed by atoms with Crippen LogP contribution in [-0.4, -0.2) is 27.5 Å². The molecule has 6 heteroatoms. The quantitative estimate of drug-likeness (QED) is 0.733. The molecule has 3 heterocycles. The summed E-state index contributed by atoms with van der Waals surface area (Å²) in [5, 5.41) is 0. The van der Waals surface area contributed by atoms with Crippen LogP contribution in [0.25, 0.3) is 11.5 Å². The first kappa shape index (κ1) is 15.4. The highest BCUT2D eigenvalue weighted by Crippen LogP contribution is 2.26. The number of fused-ring (bicyclic) bond motifs is 1. The van der Waals surface area contributed by atoms with Gasteiger partial charge in [0.2, 0.25) is 5.89 Å². The summed E-state index contributed by atoms with van der Waals surface area (Å²) >= 11 is 0. The maximum atomic E-state index is 12.3. The molecule has 1 amide bonds. The van der Waals surface area contributed by atoms with Crippen LogP contribution in [0.15, 0.2) is 59.3 Å². The van der Waals surface area contributed by atoms with Crippen LogP contribution in [0, 0.1) is 0 Å². The number of aromatic nitrogens is 2. The van der Waals surface area contributed by atoms with Crippen LogP contribution >= 0.6 is 0 Å². The van der Waals surface area contributed by atoms with E-state index in [2.05, 4.69) is 9.97 Å². The second-order valence-corrected chi connectivity index (χ2v) is 5.84. The molecule has 126 valence electrons. The molecule has 0 fully saturated rings. The van der Waals surface area contributed by atoms with Gasteiger partial charge in [0, 0.05) is 25.4 Å². The lowest BCUT2D eigenvalue weighted by Gasteiger charge is -2.24. The Labute approximate surface area is 145 Å². The van der Waals surface area contributed by atoms with Crippen LogP contribution in [0.1, 0.15) is 17.0 Å². The predicted octanol–water partition coefficient (Wildman–Crippen LogP) is 3.43. The zero-order valence-electron chi connectivity index (χ0n) is 13.6. The van der Waals surface area contributed by atoms with Gasteiger partial charge in [-0.15, -0.1) is 0 Å². The van der Waals surface area contributed by atoms with Crippen molar-refractivity contribution in [3.05, 3.63) is 71.9 Å². The average Bonchev–Trinajstić information content (AvgIpc) is 3.11. The van der Waals surface area contributed by atoms with Crippen molar-refractivity contribution in [2.75, 3.05) is 6.54 Å². The summed E-state index contributed by atoms with van der Waals surface area (Å²) in [6, 6.07) is 13.4. The van der Waals surface area contributed by atoms with Gasteiger partial charge < -0.3 is 14.1 Å². The number of nitrogens with zero attached hydrogens (tertiary/aromatic N) is 3. The lowest BCUT2D eigenvalue weighted by Crippen LogP contribution is -2.36. The normalized spacial score (nSPS) is 13.4. The smallest absolute Gasteiger partial charge is 0.410 e. The summed E-state index contributed by atoms with van der Waals surface area (Å²) in [4.78, 5) is 22.5. The number of hydrogen-bond acceptors (Lipinski definition) is 5. The third kappa shape index (κ3) is 3.38. The molecule has 0 aliphatic carbocycles. The molecule has 6 nitrogen and oxygen atoms in total. The number of oxazole rings is 1. The molecule has 0 saturated heterocycles. The van der Waals surface area contributed by atoms with Crippen LogP contribution in [0.2, 0.25) is 0 Å². The fraction of sp³-hybridized carbons (Fsp3) is 0.211. The van der Waals surface area contributed by atoms with Gasteiger partial charge in [0.25, 0.3) is 0 Å². The Bertz CT molecular complexity index is 862. The predicted molar refractivity (Wildman–Crippen MR) is 90.5 cm³/mol. The maximum absolute atomic E-state index is 12.3. The van der Waals surface area contributed by atoms with Crippen LogP contribution in [0.4, 0.5) is 4.79 Å². The molecule has 0 N–H and O–H groups in total. The summed E-state index contributed by atoms with van der Waals surface area (Å²) < 4.78 is 11.2. The average molecular weight is 335 g/mol. The van der Waals surface area contributed by atoms with Gasteiger partial charge in [0.1, 0.15) is 12.4 Å². The number of hydrogen-bond donors (Lipinski definition) is 0. The molecule has 0 unspecified atom stereocenters. The molecule has 0 saturated carbocycles. The largest absolute Gasteiger partial charge is 0.445 e. The maximum Gasteiger partial charge on any atom is 0.410 e. The fourth-order valence-electron chi connectivity index (χ4n) is 2.77. The Hall–Kier alpha value is -3.15. The zero-order valence-corrected chi connectivity index (χ0v) is 13.6. The first-order valence-corrected chi connectivity index (χ1v) is 8.14. The number of rotatable bonds is 3. The number of benzene rings is 1. The Kier molecular flexibility index (Phi) is 4.16. The number of pyridine rings is 1. The minimum Gasteiger partial charge on any atom is -0.445 e. The summed E-state index contributed by atoms with van der Waals surface area (Å²) in [6.07, 6.45) is 3.73. The molecule has 1 aliphatic rings. The van der Waals surface area contributed by atoms with Crippen molar-refractivity contribution in [2.45, 2.75) is 19.6 Å². The molecule has 3 aromatic rings. The van der Waals surface area contributed by atoms with E-state index in [0.29, 0.717) is 31.2 Å². The van der Waals surface area contributed by atoms with Crippen molar-refractivity contribution in [1.82, 2.24) is 14.9 Å². The van der Waals surface area contributed by atoms with Gasteiger partial charge in [-0.05, 0) is 17.7 Å². The van der Waals surface area contributed by atoms with Crippen LogP contribution in [0.5, 0.6) is 0 Å². The lowest BCUT2D eigenvalue weighted by atomic mass is 10.2. The van der Waals surface area contributed by atoms with E-state index in [1.165, 1.54) is 0 Å². The molecule has 2 aromatic heterocycles. The van der Waals surface area contributed by atoms with Gasteiger partial charge >= 0.3 is 6.09 Å². The topological polar surface area (TPSA) is 68.5 Å². The van der Waals surface area contributed by atoms with E-state index in [1.807, 2.05) is 42.5 Å². The summed E-state index contributed by atoms with van der Waals surface area (Å²) in [5.41, 5.74) is 2.69. The number of carbonyl (C=O) groups excluding carboxylic acids is 1. The molecule has 0 atom stereocenters. The van der Waals surface area contributed by atoms with Gasteiger partial charge in [-0.2, -0.15) is 0 Å². The summed E-state index contributed by atoms with van der Waals surface area (Å²) in [7, 11) is 0. The highest BCUT2D eigenvalue weighted by Gasteiger charge is 2.26. The SMILES string of the molecule is O=C(OCc1ccccc1)N1CCc2nc(-c3cccnc3)oc2C1. The van der Waals surface area contributed by atoms with Gasteiger partial charge in [-0.3, -0.25) is 4.98 Å². The molecular formula is C19H17N3O3. The van der Waals surface area contributed by atoms with Gasteiger partial charge in [-0.1, -0.05) is 30.3 Å². The first-order chi connectivity index (χ1) is 12.3. The van der Waals surface area contributed by atoms with E-state index in [0.717, 1.165) is 16.8 Å². The Morgan fingerprint density at radius 1 is 1.20 bits per heavy atom. The second kappa shape index (κ2) is 6.76. The minimum absolute atomic E-state index is 0.264. The van der Waals surface area contributed by atoms with Gasteiger partial charge in [0.05, 0.1) is 17.8 Å². The monoisotopic (exact) mass is 335 g/mol. The second-order valence-electron chi connectivity index (χ2n) is 5.84. The van der Waals surface area contributed by atoms with E-state index in [1.54, 1.807) is 17.3 Å². The molecule has 1 aliphatic heterocycles. The molecule has 25 heavy (non-hydrogen) atoms. The molecule has 0 radical (unpaired) electrons. The van der Waals surface area contributed by atoms with Crippen molar-refractivity contribution >= 4 is 6.09 Å². The number of ether oxygens (including phenoxy) is 1. The minimum atomic E-state index is -0.339. The Morgan fingerprint density at radius 2 is 2.08 bits per heavy atom. The molecule has 0 bridgehead atoms. The third-order valence-electron chi connectivity index (χ3n) is 4.10. The highest BCUT2D eigenvalue weighted by molar-refractivity contribution is 5.68. The standard InChI is InChI=1S/C19H17N3O3/c23-19(24-13-14-5-2-1-3-6-14)22-10-8-16-17(12-22)25-18(21-16)15-7-4-9-20-11-15/h1-7,9,11H,8,10,12-13H2. The molecule has 1 aromatic carbocycles. The molecule has 4 rings (SSSR count). The van der Waals surface area contributed by atoms with Crippen LogP contribution in [0.3, 0.4) is 0 Å². The van der Waals surface area contributed by atoms with Crippen LogP contribution < -0.4 is 0 Å². The van der Waals surface area contributed by atoms with Gasteiger partial charge in [0.15, 0.2) is 0 Å². The summed E-state index contributed by atoms with van der Waals surface area (Å²) in [6.45, 7) is 1.20. The Morgan fingerprint density at radius 3 is 2.88 bits per heavy atom. The number of amides is 1. The molecular weight excluding hydrogens is 318 g/mol. The van der Waals surface area contributed by atoms with Crippen molar-refractivity contribution < 1.29 is 13.9 Å². The highest BCUT2D eigenvalue weighted by atomic mass is 16.6. The van der Waals surface area contributed by atoms with Gasteiger partial charge in [-0.25, -0.2) is 9.78 Å². The van der Waals surface area contributed by atoms with E-state index in [4.69, 9.17) is 9.15 Å². The third-order valence-corrected chi connectivity index (χ3v) is 4.10. The van der Waals surface area contributed by atoms with E-state index in [-0.39, 0.29) is 12.7 Å². The van der Waals surface area contributed by atoms with Crippen molar-refractivity contribution in [1.29, 1.82) is 0 Å². The fourth-order valence-corrected chi connectivity index (χ4v) is 2.77. The first-order valence-electron chi connectivity index (χ1n) is 8.14.